The summed E-state index contributed by atoms with van der Waals surface area (Å²) >= 11 is 0. The summed E-state index contributed by atoms with van der Waals surface area (Å²) in [5, 5.41) is 3.01. The summed E-state index contributed by atoms with van der Waals surface area (Å²) in [7, 11) is 1.96. The Labute approximate surface area is 141 Å². The molecule has 1 aromatic heterocycles. The van der Waals surface area contributed by atoms with Crippen LogP contribution in [0.5, 0.6) is 0 Å². The lowest BCUT2D eigenvalue weighted by Crippen LogP contribution is -3.08. The molecule has 0 aliphatic carbocycles. The van der Waals surface area contributed by atoms with Crippen LogP contribution in [0.1, 0.15) is 17.0 Å². The summed E-state index contributed by atoms with van der Waals surface area (Å²) in [5.74, 6) is 0.634. The fourth-order valence-electron chi connectivity index (χ4n) is 2.79. The van der Waals surface area contributed by atoms with Crippen molar-refractivity contribution in [2.24, 2.45) is 0 Å². The predicted molar refractivity (Wildman–Crippen MR) is 94.0 cm³/mol. The van der Waals surface area contributed by atoms with Crippen LogP contribution in [0.25, 0.3) is 11.1 Å². The van der Waals surface area contributed by atoms with Crippen LogP contribution >= 0.6 is 0 Å². The van der Waals surface area contributed by atoms with Gasteiger partial charge >= 0.3 is 0 Å². The number of benzene rings is 2. The monoisotopic (exact) mass is 324 g/mol. The van der Waals surface area contributed by atoms with Crippen molar-refractivity contribution in [1.82, 2.24) is 4.98 Å². The van der Waals surface area contributed by atoms with Gasteiger partial charge in [0.15, 0.2) is 18.7 Å². The van der Waals surface area contributed by atoms with Crippen molar-refractivity contribution >= 4 is 22.7 Å². The number of amides is 1. The lowest BCUT2D eigenvalue weighted by atomic mass is 10.1. The zero-order chi connectivity index (χ0) is 17.1. The van der Waals surface area contributed by atoms with Crippen LogP contribution in [-0.4, -0.2) is 24.5 Å². The van der Waals surface area contributed by atoms with Crippen LogP contribution in [0, 0.1) is 13.8 Å². The minimum Gasteiger partial charge on any atom is -0.435 e. The summed E-state index contributed by atoms with van der Waals surface area (Å²) in [6, 6.07) is 13.7. The average molecular weight is 324 g/mol. The molecule has 0 fully saturated rings. The molecule has 1 heterocycles. The van der Waals surface area contributed by atoms with Crippen molar-refractivity contribution in [1.29, 1.82) is 0 Å². The molecule has 0 saturated heterocycles. The fraction of sp³-hybridized carbons (Fsp3) is 0.263. The molecule has 24 heavy (non-hydrogen) atoms. The van der Waals surface area contributed by atoms with E-state index in [2.05, 4.69) is 10.3 Å². The van der Waals surface area contributed by atoms with E-state index in [4.69, 9.17) is 4.42 Å². The number of carbonyl (C=O) groups is 1. The van der Waals surface area contributed by atoms with Crippen LogP contribution in [-0.2, 0) is 11.3 Å². The summed E-state index contributed by atoms with van der Waals surface area (Å²) < 4.78 is 5.71. The highest BCUT2D eigenvalue weighted by atomic mass is 16.3. The Kier molecular flexibility index (Phi) is 4.62. The van der Waals surface area contributed by atoms with E-state index in [1.165, 1.54) is 0 Å². The number of hydrogen-bond acceptors (Lipinski definition) is 3. The van der Waals surface area contributed by atoms with Crippen molar-refractivity contribution in [3.05, 3.63) is 59.5 Å². The second-order valence-corrected chi connectivity index (χ2v) is 6.20. The van der Waals surface area contributed by atoms with Gasteiger partial charge in [-0.15, -0.1) is 0 Å². The molecule has 2 N–H and O–H groups in total. The number of nitrogens with zero attached hydrogens (tertiary/aromatic N) is 1. The Morgan fingerprint density at radius 1 is 1.12 bits per heavy atom. The molecule has 0 aliphatic rings. The molecule has 124 valence electrons. The number of para-hydroxylation sites is 3. The molecule has 0 spiro atoms. The molecule has 5 heteroatoms. The van der Waals surface area contributed by atoms with Gasteiger partial charge in [0.1, 0.15) is 5.52 Å². The van der Waals surface area contributed by atoms with Crippen molar-refractivity contribution in [2.75, 3.05) is 18.9 Å². The molecule has 0 aliphatic heterocycles. The minimum absolute atomic E-state index is 0.0130. The first-order valence-electron chi connectivity index (χ1n) is 8.05. The quantitative estimate of drug-likeness (QED) is 0.755. The largest absolute Gasteiger partial charge is 0.435 e. The molecule has 0 bridgehead atoms. The van der Waals surface area contributed by atoms with Gasteiger partial charge in [0, 0.05) is 5.69 Å². The van der Waals surface area contributed by atoms with E-state index in [0.29, 0.717) is 19.0 Å². The molecule has 0 saturated carbocycles. The van der Waals surface area contributed by atoms with Crippen LogP contribution < -0.4 is 10.2 Å². The van der Waals surface area contributed by atoms with Gasteiger partial charge in [0.05, 0.1) is 7.05 Å². The van der Waals surface area contributed by atoms with Crippen LogP contribution in [0.2, 0.25) is 0 Å². The summed E-state index contributed by atoms with van der Waals surface area (Å²) in [5.41, 5.74) is 4.66. The highest BCUT2D eigenvalue weighted by molar-refractivity contribution is 5.93. The number of aromatic nitrogens is 1. The number of nitrogens with one attached hydrogen (secondary N) is 2. The van der Waals surface area contributed by atoms with Crippen molar-refractivity contribution in [3.8, 4) is 0 Å². The topological polar surface area (TPSA) is 59.6 Å². The number of quaternary nitrogens is 1. The SMILES string of the molecule is Cc1cccc(C)c1NC(=O)C[NH+](C)Cc1nc2ccccc2o1. The first-order valence-corrected chi connectivity index (χ1v) is 8.05. The van der Waals surface area contributed by atoms with Crippen molar-refractivity contribution in [3.63, 3.8) is 0 Å². The molecule has 3 rings (SSSR count). The maximum Gasteiger partial charge on any atom is 0.279 e. The predicted octanol–water partition coefficient (Wildman–Crippen LogP) is 2.10. The second-order valence-electron chi connectivity index (χ2n) is 6.20. The molecular weight excluding hydrogens is 302 g/mol. The number of oxazole rings is 1. The maximum absolute atomic E-state index is 12.3. The third-order valence-corrected chi connectivity index (χ3v) is 4.00. The first kappa shape index (κ1) is 16.2. The Morgan fingerprint density at radius 3 is 2.54 bits per heavy atom. The number of anilines is 1. The Balaban J connectivity index is 1.62. The van der Waals surface area contributed by atoms with Gasteiger partial charge in [0.25, 0.3) is 11.8 Å². The molecule has 1 unspecified atom stereocenters. The molecule has 1 amide bonds. The van der Waals surface area contributed by atoms with Gasteiger partial charge in [-0.25, -0.2) is 4.98 Å². The Hall–Kier alpha value is -2.66. The second kappa shape index (κ2) is 6.84. The summed E-state index contributed by atoms with van der Waals surface area (Å²) in [4.78, 5) is 17.8. The van der Waals surface area contributed by atoms with Crippen LogP contribution in [0.3, 0.4) is 0 Å². The highest BCUT2D eigenvalue weighted by Crippen LogP contribution is 2.19. The normalized spacial score (nSPS) is 12.3. The van der Waals surface area contributed by atoms with E-state index < -0.39 is 0 Å². The van der Waals surface area contributed by atoms with Gasteiger partial charge in [-0.3, -0.25) is 4.79 Å². The van der Waals surface area contributed by atoms with E-state index in [1.807, 2.05) is 63.4 Å². The van der Waals surface area contributed by atoms with E-state index in [-0.39, 0.29) is 5.91 Å². The third-order valence-electron chi connectivity index (χ3n) is 4.00. The third kappa shape index (κ3) is 3.63. The van der Waals surface area contributed by atoms with Gasteiger partial charge in [-0.05, 0) is 37.1 Å². The van der Waals surface area contributed by atoms with Crippen LogP contribution in [0.4, 0.5) is 5.69 Å². The molecule has 3 aromatic rings. The zero-order valence-corrected chi connectivity index (χ0v) is 14.2. The summed E-state index contributed by atoms with van der Waals surface area (Å²) in [6.07, 6.45) is 0. The zero-order valence-electron chi connectivity index (χ0n) is 14.2. The smallest absolute Gasteiger partial charge is 0.279 e. The number of rotatable bonds is 5. The molecule has 1 atom stereocenters. The maximum atomic E-state index is 12.3. The lowest BCUT2D eigenvalue weighted by Gasteiger charge is -2.14. The number of carbonyl (C=O) groups excluding carboxylic acids is 1. The Morgan fingerprint density at radius 2 is 1.83 bits per heavy atom. The first-order chi connectivity index (χ1) is 11.5. The van der Waals surface area contributed by atoms with Gasteiger partial charge in [0.2, 0.25) is 0 Å². The molecule has 0 radical (unpaired) electrons. The highest BCUT2D eigenvalue weighted by Gasteiger charge is 2.15. The molecule has 2 aromatic carbocycles. The van der Waals surface area contributed by atoms with Crippen molar-refractivity contribution in [2.45, 2.75) is 20.4 Å². The van der Waals surface area contributed by atoms with E-state index in [0.717, 1.165) is 32.8 Å². The number of hydrogen-bond donors (Lipinski definition) is 2. The summed E-state index contributed by atoms with van der Waals surface area (Å²) in [6.45, 7) is 4.91. The minimum atomic E-state index is -0.0130. The van der Waals surface area contributed by atoms with Crippen LogP contribution in [0.15, 0.2) is 46.9 Å². The van der Waals surface area contributed by atoms with E-state index >= 15 is 0 Å². The number of fused-ring (bicyclic) bond motifs is 1. The van der Waals surface area contributed by atoms with E-state index in [1.54, 1.807) is 0 Å². The van der Waals surface area contributed by atoms with Gasteiger partial charge in [-0.2, -0.15) is 0 Å². The Bertz CT molecular complexity index is 817. The number of aryl methyl sites for hydroxylation is 2. The standard InChI is InChI=1S/C19H21N3O2/c1-13-7-6-8-14(2)19(13)21-17(23)11-22(3)12-18-20-15-9-4-5-10-16(15)24-18/h4-10H,11-12H2,1-3H3,(H,21,23)/p+1. The van der Waals surface area contributed by atoms with E-state index in [9.17, 15) is 4.79 Å². The van der Waals surface area contributed by atoms with Gasteiger partial charge < -0.3 is 14.6 Å². The molecular formula is C19H22N3O2+. The fourth-order valence-corrected chi connectivity index (χ4v) is 2.79. The lowest BCUT2D eigenvalue weighted by molar-refractivity contribution is -0.886. The average Bonchev–Trinajstić information content (AvgIpc) is 2.93. The van der Waals surface area contributed by atoms with Crippen molar-refractivity contribution < 1.29 is 14.1 Å². The molecule has 5 nitrogen and oxygen atoms in total. The van der Waals surface area contributed by atoms with Gasteiger partial charge in [-0.1, -0.05) is 30.3 Å². The number of likely N-dealkylation sites (N-methyl/N-ethyl adjacent to an activating group) is 1.